The van der Waals surface area contributed by atoms with Crippen LogP contribution in [0, 0.1) is 0 Å². The lowest BCUT2D eigenvalue weighted by Crippen LogP contribution is -2.26. The number of hydrogen-bond donors (Lipinski definition) is 2. The third-order valence-electron chi connectivity index (χ3n) is 2.77. The summed E-state index contributed by atoms with van der Waals surface area (Å²) in [7, 11) is -3.08. The summed E-state index contributed by atoms with van der Waals surface area (Å²) >= 11 is 1.67. The van der Waals surface area contributed by atoms with Crippen LogP contribution in [0.2, 0.25) is 0 Å². The van der Waals surface area contributed by atoms with E-state index in [0.29, 0.717) is 6.54 Å². The minimum absolute atomic E-state index is 0.462. The zero-order chi connectivity index (χ0) is 15.1. The first-order chi connectivity index (χ1) is 10.0. The lowest BCUT2D eigenvalue weighted by Gasteiger charge is -2.03. The van der Waals surface area contributed by atoms with E-state index in [-0.39, 0.29) is 0 Å². The van der Waals surface area contributed by atoms with Gasteiger partial charge in [-0.3, -0.25) is 0 Å². The Morgan fingerprint density at radius 2 is 1.95 bits per heavy atom. The van der Waals surface area contributed by atoms with Crippen molar-refractivity contribution in [2.45, 2.75) is 13.0 Å². The average Bonchev–Trinajstić information content (AvgIpc) is 2.91. The maximum Gasteiger partial charge on any atom is 0.208 e. The van der Waals surface area contributed by atoms with E-state index in [9.17, 15) is 8.42 Å². The van der Waals surface area contributed by atoms with Crippen LogP contribution >= 0.6 is 11.3 Å². The number of nitrogens with one attached hydrogen (secondary N) is 2. The summed E-state index contributed by atoms with van der Waals surface area (Å²) in [6.45, 7) is 1.98. The second-order valence-corrected chi connectivity index (χ2v) is 7.64. The van der Waals surface area contributed by atoms with E-state index in [4.69, 9.17) is 0 Å². The van der Waals surface area contributed by atoms with Crippen molar-refractivity contribution in [1.82, 2.24) is 15.0 Å². The molecule has 0 aliphatic rings. The standard InChI is InChI=1S/C14H19N3O2S2/c1-21(18,19)17-9-5-8-15-10-13-11-16-14(20-13)12-6-3-2-4-7-12/h2-4,6-7,11,15,17H,5,8-10H2,1H3. The van der Waals surface area contributed by atoms with Crippen molar-refractivity contribution in [3.63, 3.8) is 0 Å². The topological polar surface area (TPSA) is 71.1 Å². The van der Waals surface area contributed by atoms with Gasteiger partial charge in [0.2, 0.25) is 10.0 Å². The average molecular weight is 325 g/mol. The van der Waals surface area contributed by atoms with Crippen LogP contribution in [-0.2, 0) is 16.6 Å². The fourth-order valence-corrected chi connectivity index (χ4v) is 3.19. The van der Waals surface area contributed by atoms with Gasteiger partial charge >= 0.3 is 0 Å². The van der Waals surface area contributed by atoms with Gasteiger partial charge in [-0.2, -0.15) is 0 Å². The molecule has 7 heteroatoms. The number of thiazole rings is 1. The van der Waals surface area contributed by atoms with E-state index in [1.165, 1.54) is 11.1 Å². The zero-order valence-electron chi connectivity index (χ0n) is 11.9. The minimum atomic E-state index is -3.08. The SMILES string of the molecule is CS(=O)(=O)NCCCNCc1cnc(-c2ccccc2)s1. The van der Waals surface area contributed by atoms with Gasteiger partial charge in [-0.1, -0.05) is 30.3 Å². The molecule has 0 amide bonds. The third-order valence-corrected chi connectivity index (χ3v) is 4.54. The molecule has 0 aliphatic heterocycles. The van der Waals surface area contributed by atoms with Crippen molar-refractivity contribution in [3.8, 4) is 10.6 Å². The van der Waals surface area contributed by atoms with E-state index in [1.807, 2.05) is 36.5 Å². The van der Waals surface area contributed by atoms with Crippen LogP contribution in [0.1, 0.15) is 11.3 Å². The molecule has 0 atom stereocenters. The molecule has 0 spiro atoms. The first-order valence-corrected chi connectivity index (χ1v) is 9.41. The van der Waals surface area contributed by atoms with Crippen molar-refractivity contribution < 1.29 is 8.42 Å². The van der Waals surface area contributed by atoms with Crippen LogP contribution in [0.15, 0.2) is 36.5 Å². The number of nitrogens with zero attached hydrogens (tertiary/aromatic N) is 1. The van der Waals surface area contributed by atoms with E-state index in [2.05, 4.69) is 15.0 Å². The first-order valence-electron chi connectivity index (χ1n) is 6.70. The molecule has 2 N–H and O–H groups in total. The molecule has 21 heavy (non-hydrogen) atoms. The lowest BCUT2D eigenvalue weighted by atomic mass is 10.2. The predicted octanol–water partition coefficient (Wildman–Crippen LogP) is 1.84. The fourth-order valence-electron chi connectivity index (χ4n) is 1.79. The summed E-state index contributed by atoms with van der Waals surface area (Å²) in [5, 5.41) is 4.31. The van der Waals surface area contributed by atoms with Gasteiger partial charge < -0.3 is 5.32 Å². The molecule has 1 heterocycles. The third kappa shape index (κ3) is 5.92. The molecule has 0 saturated heterocycles. The van der Waals surface area contributed by atoms with E-state index in [1.54, 1.807) is 11.3 Å². The summed E-state index contributed by atoms with van der Waals surface area (Å²) < 4.78 is 24.2. The maximum absolute atomic E-state index is 10.9. The molecule has 1 aromatic carbocycles. The highest BCUT2D eigenvalue weighted by Gasteiger charge is 2.04. The van der Waals surface area contributed by atoms with Crippen molar-refractivity contribution in [3.05, 3.63) is 41.4 Å². The molecule has 1 aromatic heterocycles. The Morgan fingerprint density at radius 3 is 2.67 bits per heavy atom. The highest BCUT2D eigenvalue weighted by Crippen LogP contribution is 2.24. The molecule has 5 nitrogen and oxygen atoms in total. The molecular weight excluding hydrogens is 306 g/mol. The largest absolute Gasteiger partial charge is 0.312 e. The smallest absolute Gasteiger partial charge is 0.208 e. The second-order valence-electron chi connectivity index (χ2n) is 4.69. The van der Waals surface area contributed by atoms with Crippen molar-refractivity contribution in [2.75, 3.05) is 19.3 Å². The van der Waals surface area contributed by atoms with Crippen molar-refractivity contribution >= 4 is 21.4 Å². The van der Waals surface area contributed by atoms with E-state index in [0.717, 1.165) is 30.1 Å². The first kappa shape index (κ1) is 16.1. The number of hydrogen-bond acceptors (Lipinski definition) is 5. The summed E-state index contributed by atoms with van der Waals surface area (Å²) in [5.41, 5.74) is 1.13. The lowest BCUT2D eigenvalue weighted by molar-refractivity contribution is 0.579. The highest BCUT2D eigenvalue weighted by molar-refractivity contribution is 7.88. The van der Waals surface area contributed by atoms with Gasteiger partial charge in [0.25, 0.3) is 0 Å². The van der Waals surface area contributed by atoms with Gasteiger partial charge in [-0.15, -0.1) is 11.3 Å². The molecule has 2 aromatic rings. The Morgan fingerprint density at radius 1 is 1.19 bits per heavy atom. The van der Waals surface area contributed by atoms with Crippen molar-refractivity contribution in [2.24, 2.45) is 0 Å². The van der Waals surface area contributed by atoms with Gasteiger partial charge in [0.05, 0.1) is 6.26 Å². The Bertz CT molecular complexity index is 654. The van der Waals surface area contributed by atoms with Gasteiger partial charge in [0, 0.05) is 29.7 Å². The normalized spacial score (nSPS) is 11.7. The van der Waals surface area contributed by atoms with Gasteiger partial charge in [-0.05, 0) is 13.0 Å². The van der Waals surface area contributed by atoms with Gasteiger partial charge in [-0.25, -0.2) is 18.1 Å². The van der Waals surface area contributed by atoms with Crippen LogP contribution in [0.25, 0.3) is 10.6 Å². The monoisotopic (exact) mass is 325 g/mol. The predicted molar refractivity (Wildman–Crippen MR) is 86.7 cm³/mol. The molecule has 0 unspecified atom stereocenters. The Balaban J connectivity index is 1.72. The number of rotatable bonds is 8. The minimum Gasteiger partial charge on any atom is -0.312 e. The number of aromatic nitrogens is 1. The highest BCUT2D eigenvalue weighted by atomic mass is 32.2. The zero-order valence-corrected chi connectivity index (χ0v) is 13.5. The summed E-state index contributed by atoms with van der Waals surface area (Å²) in [6, 6.07) is 10.1. The quantitative estimate of drug-likeness (QED) is 0.727. The Kier molecular flexibility index (Phi) is 5.86. The van der Waals surface area contributed by atoms with E-state index >= 15 is 0 Å². The summed E-state index contributed by atoms with van der Waals surface area (Å²) in [6.07, 6.45) is 3.81. The van der Waals surface area contributed by atoms with Crippen LogP contribution < -0.4 is 10.0 Å². The van der Waals surface area contributed by atoms with Gasteiger partial charge in [0.1, 0.15) is 5.01 Å². The molecule has 2 rings (SSSR count). The molecular formula is C14H19N3O2S2. The number of benzene rings is 1. The van der Waals surface area contributed by atoms with Crippen LogP contribution in [0.3, 0.4) is 0 Å². The molecule has 0 aliphatic carbocycles. The Labute approximate surface area is 129 Å². The van der Waals surface area contributed by atoms with Crippen LogP contribution in [0.5, 0.6) is 0 Å². The molecule has 0 fully saturated rings. The molecule has 0 saturated carbocycles. The van der Waals surface area contributed by atoms with E-state index < -0.39 is 10.0 Å². The molecule has 0 radical (unpaired) electrons. The maximum atomic E-state index is 10.9. The van der Waals surface area contributed by atoms with Gasteiger partial charge in [0.15, 0.2) is 0 Å². The summed E-state index contributed by atoms with van der Waals surface area (Å²) in [4.78, 5) is 5.59. The Hall–Kier alpha value is -1.28. The second kappa shape index (κ2) is 7.65. The van der Waals surface area contributed by atoms with Crippen LogP contribution in [-0.4, -0.2) is 32.7 Å². The van der Waals surface area contributed by atoms with Crippen LogP contribution in [0.4, 0.5) is 0 Å². The van der Waals surface area contributed by atoms with Crippen molar-refractivity contribution in [1.29, 1.82) is 0 Å². The number of sulfonamides is 1. The fraction of sp³-hybridized carbons (Fsp3) is 0.357. The summed E-state index contributed by atoms with van der Waals surface area (Å²) in [5.74, 6) is 0. The molecule has 114 valence electrons. The molecule has 0 bridgehead atoms.